The van der Waals surface area contributed by atoms with E-state index in [1.165, 1.54) is 0 Å². The lowest BCUT2D eigenvalue weighted by molar-refractivity contribution is 0.146. The van der Waals surface area contributed by atoms with Crippen LogP contribution in [0.1, 0.15) is 32.3 Å². The maximum absolute atomic E-state index is 9.86. The van der Waals surface area contributed by atoms with E-state index in [4.69, 9.17) is 5.26 Å². The van der Waals surface area contributed by atoms with Gasteiger partial charge in [0.25, 0.3) is 0 Å². The van der Waals surface area contributed by atoms with Gasteiger partial charge in [-0.15, -0.1) is 0 Å². The number of aliphatic hydroxyl groups excluding tert-OH is 1. The van der Waals surface area contributed by atoms with Gasteiger partial charge in [0.15, 0.2) is 0 Å². The van der Waals surface area contributed by atoms with Crippen molar-refractivity contribution >= 4 is 5.69 Å². The summed E-state index contributed by atoms with van der Waals surface area (Å²) in [6.07, 6.45) is 1.90. The van der Waals surface area contributed by atoms with Crippen LogP contribution in [0.15, 0.2) is 24.3 Å². The summed E-state index contributed by atoms with van der Waals surface area (Å²) in [4.78, 5) is 2.28. The molecule has 3 atom stereocenters. The van der Waals surface area contributed by atoms with E-state index < -0.39 is 0 Å². The van der Waals surface area contributed by atoms with Crippen molar-refractivity contribution in [3.8, 4) is 6.07 Å². The van der Waals surface area contributed by atoms with Crippen LogP contribution in [-0.4, -0.2) is 23.8 Å². The molecular weight excluding hydrogens is 224 g/mol. The second kappa shape index (κ2) is 5.41. The van der Waals surface area contributed by atoms with Crippen molar-refractivity contribution in [1.29, 1.82) is 5.26 Å². The predicted octanol–water partition coefficient (Wildman–Crippen LogP) is 2.54. The summed E-state index contributed by atoms with van der Waals surface area (Å²) >= 11 is 0. The minimum absolute atomic E-state index is 0.172. The fraction of sp³-hybridized carbons (Fsp3) is 0.533. The Morgan fingerprint density at radius 3 is 2.39 bits per heavy atom. The lowest BCUT2D eigenvalue weighted by atomic mass is 10.1. The van der Waals surface area contributed by atoms with E-state index in [2.05, 4.69) is 11.0 Å². The van der Waals surface area contributed by atoms with Crippen molar-refractivity contribution < 1.29 is 5.11 Å². The Morgan fingerprint density at radius 2 is 1.89 bits per heavy atom. The molecule has 0 spiro atoms. The Labute approximate surface area is 109 Å². The Morgan fingerprint density at radius 1 is 1.22 bits per heavy atom. The second-order valence-corrected chi connectivity index (χ2v) is 4.78. The van der Waals surface area contributed by atoms with Gasteiger partial charge in [0.2, 0.25) is 0 Å². The lowest BCUT2D eigenvalue weighted by Gasteiger charge is -2.32. The average molecular weight is 244 g/mol. The summed E-state index contributed by atoms with van der Waals surface area (Å²) in [7, 11) is 0. The van der Waals surface area contributed by atoms with Crippen LogP contribution >= 0.6 is 0 Å². The Kier molecular flexibility index (Phi) is 3.88. The monoisotopic (exact) mass is 244 g/mol. The highest BCUT2D eigenvalue weighted by molar-refractivity contribution is 5.52. The first kappa shape index (κ1) is 12.9. The summed E-state index contributed by atoms with van der Waals surface area (Å²) in [5.41, 5.74) is 1.82. The molecule has 0 radical (unpaired) electrons. The highest BCUT2D eigenvalue weighted by Crippen LogP contribution is 2.40. The van der Waals surface area contributed by atoms with Gasteiger partial charge in [0, 0.05) is 12.2 Å². The zero-order chi connectivity index (χ0) is 13.1. The highest BCUT2D eigenvalue weighted by Gasteiger charge is 2.44. The second-order valence-electron chi connectivity index (χ2n) is 4.78. The maximum Gasteiger partial charge on any atom is 0.0991 e. The number of hydrogen-bond donors (Lipinski definition) is 1. The zero-order valence-corrected chi connectivity index (χ0v) is 11.0. The molecule has 1 aliphatic carbocycles. The molecule has 1 saturated carbocycles. The molecule has 1 saturated heterocycles. The number of benzene rings is 1. The third-order valence-electron chi connectivity index (χ3n) is 3.78. The van der Waals surface area contributed by atoms with Crippen molar-refractivity contribution in [2.24, 2.45) is 5.92 Å². The molecule has 3 unspecified atom stereocenters. The predicted molar refractivity (Wildman–Crippen MR) is 72.4 cm³/mol. The van der Waals surface area contributed by atoms with Crippen LogP contribution in [-0.2, 0) is 0 Å². The first-order chi connectivity index (χ1) is 8.78. The average Bonchev–Trinajstić information content (AvgIpc) is 3.00. The topological polar surface area (TPSA) is 47.3 Å². The van der Waals surface area contributed by atoms with E-state index in [-0.39, 0.29) is 12.1 Å². The van der Waals surface area contributed by atoms with Gasteiger partial charge < -0.3 is 10.0 Å². The smallest absolute Gasteiger partial charge is 0.0991 e. The summed E-state index contributed by atoms with van der Waals surface area (Å²) in [6, 6.07) is 10.0. The number of rotatable bonds is 1. The zero-order valence-electron chi connectivity index (χ0n) is 11.0. The molecule has 2 bridgehead atoms. The van der Waals surface area contributed by atoms with Crippen LogP contribution in [0.3, 0.4) is 0 Å². The number of nitriles is 1. The van der Waals surface area contributed by atoms with E-state index in [1.807, 2.05) is 38.1 Å². The van der Waals surface area contributed by atoms with Gasteiger partial charge in [0.05, 0.1) is 23.8 Å². The molecular formula is C15H20N2O. The molecule has 2 aliphatic rings. The standard InChI is InChI=1S/C13H14N2O.C2H6/c14-7-9-1-3-11(4-2-9)15-8-10-5-12(15)13(16)6-10;1-2/h1-4,10,12-13,16H,5-6,8H2;1-2H3. The number of fused-ring (bicyclic) bond motifs is 2. The lowest BCUT2D eigenvalue weighted by Crippen LogP contribution is -2.41. The van der Waals surface area contributed by atoms with Crippen molar-refractivity contribution in [1.82, 2.24) is 0 Å². The van der Waals surface area contributed by atoms with E-state index in [1.54, 1.807) is 0 Å². The van der Waals surface area contributed by atoms with Gasteiger partial charge in [-0.25, -0.2) is 0 Å². The quantitative estimate of drug-likeness (QED) is 0.825. The van der Waals surface area contributed by atoms with E-state index in [0.717, 1.165) is 25.1 Å². The van der Waals surface area contributed by atoms with Crippen LogP contribution in [0.4, 0.5) is 5.69 Å². The largest absolute Gasteiger partial charge is 0.391 e. The molecule has 96 valence electrons. The third-order valence-corrected chi connectivity index (χ3v) is 3.78. The molecule has 1 aromatic carbocycles. The fourth-order valence-corrected chi connectivity index (χ4v) is 3.02. The molecule has 1 N–H and O–H groups in total. The summed E-state index contributed by atoms with van der Waals surface area (Å²) < 4.78 is 0. The van der Waals surface area contributed by atoms with Gasteiger partial charge in [-0.1, -0.05) is 13.8 Å². The summed E-state index contributed by atoms with van der Waals surface area (Å²) in [5, 5.41) is 18.6. The number of hydrogen-bond acceptors (Lipinski definition) is 3. The molecule has 18 heavy (non-hydrogen) atoms. The molecule has 0 aromatic heterocycles. The number of piperidine rings is 1. The first-order valence-electron chi connectivity index (χ1n) is 6.73. The van der Waals surface area contributed by atoms with Gasteiger partial charge >= 0.3 is 0 Å². The highest BCUT2D eigenvalue weighted by atomic mass is 16.3. The Hall–Kier alpha value is -1.53. The number of anilines is 1. The number of aliphatic hydroxyl groups is 1. The van der Waals surface area contributed by atoms with Gasteiger partial charge in [-0.2, -0.15) is 5.26 Å². The molecule has 3 heteroatoms. The third kappa shape index (κ3) is 2.21. The van der Waals surface area contributed by atoms with Crippen molar-refractivity contribution in [2.75, 3.05) is 11.4 Å². The fourth-order valence-electron chi connectivity index (χ4n) is 3.02. The van der Waals surface area contributed by atoms with Gasteiger partial charge in [0.1, 0.15) is 0 Å². The molecule has 1 aliphatic heterocycles. The molecule has 1 heterocycles. The van der Waals surface area contributed by atoms with E-state index in [0.29, 0.717) is 11.5 Å². The maximum atomic E-state index is 9.86. The van der Waals surface area contributed by atoms with Crippen LogP contribution < -0.4 is 4.90 Å². The SMILES string of the molecule is CC.N#Cc1ccc(N2CC3CC(O)C2C3)cc1. The van der Waals surface area contributed by atoms with Crippen LogP contribution in [0.5, 0.6) is 0 Å². The molecule has 1 aromatic rings. The molecule has 3 nitrogen and oxygen atoms in total. The Bertz CT molecular complexity index is 435. The van der Waals surface area contributed by atoms with Crippen LogP contribution in [0, 0.1) is 17.2 Å². The van der Waals surface area contributed by atoms with Crippen LogP contribution in [0.2, 0.25) is 0 Å². The van der Waals surface area contributed by atoms with Crippen molar-refractivity contribution in [3.05, 3.63) is 29.8 Å². The first-order valence-corrected chi connectivity index (χ1v) is 6.73. The van der Waals surface area contributed by atoms with Crippen molar-refractivity contribution in [3.63, 3.8) is 0 Å². The summed E-state index contributed by atoms with van der Waals surface area (Å²) in [6.45, 7) is 5.05. The van der Waals surface area contributed by atoms with Gasteiger partial charge in [-0.3, -0.25) is 0 Å². The van der Waals surface area contributed by atoms with E-state index >= 15 is 0 Å². The van der Waals surface area contributed by atoms with Crippen molar-refractivity contribution in [2.45, 2.75) is 38.8 Å². The van der Waals surface area contributed by atoms with Gasteiger partial charge in [-0.05, 0) is 43.0 Å². The Balaban J connectivity index is 0.000000574. The number of nitrogens with zero attached hydrogens (tertiary/aromatic N) is 2. The van der Waals surface area contributed by atoms with E-state index in [9.17, 15) is 5.11 Å². The molecule has 2 fully saturated rings. The van der Waals surface area contributed by atoms with Crippen LogP contribution in [0.25, 0.3) is 0 Å². The minimum atomic E-state index is -0.172. The normalized spacial score (nSPS) is 28.6. The molecule has 0 amide bonds. The molecule has 3 rings (SSSR count). The summed E-state index contributed by atoms with van der Waals surface area (Å²) in [5.74, 6) is 0.649. The minimum Gasteiger partial charge on any atom is -0.391 e.